The first kappa shape index (κ1) is 24.7. The molecule has 0 unspecified atom stereocenters. The van der Waals surface area contributed by atoms with Crippen LogP contribution >= 0.6 is 0 Å². The molecule has 0 bridgehead atoms. The van der Waals surface area contributed by atoms with Crippen LogP contribution in [-0.4, -0.2) is 15.0 Å². The van der Waals surface area contributed by atoms with Gasteiger partial charge in [0.05, 0.1) is 5.48 Å². The number of rotatable bonds is 6. The Kier molecular flexibility index (Phi) is 6.19. The SMILES string of the molecule is [2H]c1c([2H])c(-c2ccc3c(c2)C2(c4ccccc4-3)C([2H])([2H])CCCC2([2H])[2H])c([2H])c(-c2nc(-c3ccc(-c4ccccc4)cc3)nc(-c3ccc(-c4ccccc4)cc3)n2)c1[2H]. The highest BCUT2D eigenvalue weighted by molar-refractivity contribution is 5.85. The number of aromatic nitrogens is 3. The van der Waals surface area contributed by atoms with Crippen molar-refractivity contribution in [1.82, 2.24) is 15.0 Å². The largest absolute Gasteiger partial charge is 0.208 e. The second-order valence-electron chi connectivity index (χ2n) is 13.7. The number of nitrogens with zero attached hydrogens (tertiary/aromatic N) is 3. The normalized spacial score (nSPS) is 18.1. The fourth-order valence-corrected chi connectivity index (χ4v) is 7.75. The molecular formula is C51H39N3. The molecule has 1 spiro atoms. The Bertz CT molecular complexity index is 2910. The van der Waals surface area contributed by atoms with E-state index in [2.05, 4.69) is 0 Å². The van der Waals surface area contributed by atoms with E-state index >= 15 is 0 Å². The number of benzene rings is 7. The van der Waals surface area contributed by atoms with Crippen LogP contribution in [0, 0.1) is 0 Å². The molecule has 0 amide bonds. The minimum absolute atomic E-state index is 0.000922. The maximum Gasteiger partial charge on any atom is 0.164 e. The van der Waals surface area contributed by atoms with Gasteiger partial charge >= 0.3 is 0 Å². The quantitative estimate of drug-likeness (QED) is 0.173. The molecule has 258 valence electrons. The summed E-state index contributed by atoms with van der Waals surface area (Å²) in [6, 6.07) is 46.9. The van der Waals surface area contributed by atoms with Crippen molar-refractivity contribution < 1.29 is 11.0 Å². The van der Waals surface area contributed by atoms with Crippen LogP contribution in [0.3, 0.4) is 0 Å². The zero-order chi connectivity index (χ0) is 43.0. The molecule has 54 heavy (non-hydrogen) atoms. The topological polar surface area (TPSA) is 38.7 Å². The number of hydrogen-bond acceptors (Lipinski definition) is 3. The molecule has 0 radical (unpaired) electrons. The van der Waals surface area contributed by atoms with Gasteiger partial charge in [-0.25, -0.2) is 15.0 Å². The summed E-state index contributed by atoms with van der Waals surface area (Å²) in [4.78, 5) is 14.7. The van der Waals surface area contributed by atoms with Crippen molar-refractivity contribution in [1.29, 1.82) is 0 Å². The molecule has 10 rings (SSSR count). The minimum atomic E-state index is -1.96. The van der Waals surface area contributed by atoms with E-state index in [1.165, 1.54) is 0 Å². The summed E-state index contributed by atoms with van der Waals surface area (Å²) < 4.78 is 74.9. The van der Waals surface area contributed by atoms with Crippen LogP contribution in [0.15, 0.2) is 176 Å². The third kappa shape index (κ3) is 5.74. The first-order valence-corrected chi connectivity index (χ1v) is 18.3. The first-order chi connectivity index (χ1) is 29.9. The molecule has 2 aliphatic carbocycles. The lowest BCUT2D eigenvalue weighted by Gasteiger charge is -2.36. The number of hydrogen-bond donors (Lipinski definition) is 0. The zero-order valence-corrected chi connectivity index (χ0v) is 29.4. The lowest BCUT2D eigenvalue weighted by Crippen LogP contribution is -2.28. The van der Waals surface area contributed by atoms with E-state index < -0.39 is 24.2 Å². The van der Waals surface area contributed by atoms with Gasteiger partial charge in [-0.05, 0) is 80.5 Å². The Labute approximate surface area is 328 Å². The Balaban J connectivity index is 1.16. The molecule has 1 aromatic heterocycles. The molecule has 2 aliphatic rings. The monoisotopic (exact) mass is 701 g/mol. The van der Waals surface area contributed by atoms with Gasteiger partial charge in [-0.2, -0.15) is 0 Å². The third-order valence-electron chi connectivity index (χ3n) is 10.5. The van der Waals surface area contributed by atoms with E-state index in [-0.39, 0.29) is 47.9 Å². The van der Waals surface area contributed by atoms with Crippen LogP contribution in [-0.2, 0) is 5.41 Å². The van der Waals surface area contributed by atoms with Gasteiger partial charge in [-0.1, -0.05) is 183 Å². The van der Waals surface area contributed by atoms with Crippen LogP contribution in [0.2, 0.25) is 0 Å². The molecule has 0 aliphatic heterocycles. The van der Waals surface area contributed by atoms with Crippen molar-refractivity contribution in [2.24, 2.45) is 0 Å². The van der Waals surface area contributed by atoms with Gasteiger partial charge in [0.15, 0.2) is 17.5 Å². The average molecular weight is 702 g/mol. The Morgan fingerprint density at radius 2 is 0.870 bits per heavy atom. The molecule has 0 saturated heterocycles. The van der Waals surface area contributed by atoms with E-state index in [9.17, 15) is 9.60 Å². The fourth-order valence-electron chi connectivity index (χ4n) is 7.75. The molecule has 7 aromatic carbocycles. The van der Waals surface area contributed by atoms with Crippen LogP contribution in [0.1, 0.15) is 54.1 Å². The smallest absolute Gasteiger partial charge is 0.164 e. The zero-order valence-electron chi connectivity index (χ0n) is 37.4. The standard InChI is InChI=1S/C51H39N3/c1-4-13-35(14-5-1)37-21-25-39(26-22-37)48-52-49(40-27-23-38(24-28-40)36-15-6-2-7-16-36)54-50(53-48)43-18-12-17-41(33-43)42-29-30-45-44-19-8-9-20-46(44)51(47(45)34-42)31-10-3-11-32-51/h1-2,4-9,12-30,33-34H,3,10-11,31-32H2/i12D,17D,18D,31D2,32D2,33D. The molecule has 8 aromatic rings. The molecule has 3 nitrogen and oxygen atoms in total. The fraction of sp³-hybridized carbons (Fsp3) is 0.118. The Morgan fingerprint density at radius 3 is 1.48 bits per heavy atom. The van der Waals surface area contributed by atoms with E-state index in [0.29, 0.717) is 51.5 Å². The lowest BCUT2D eigenvalue weighted by molar-refractivity contribution is 0.353. The summed E-state index contributed by atoms with van der Waals surface area (Å²) in [5, 5.41) is 0. The molecule has 1 saturated carbocycles. The van der Waals surface area contributed by atoms with E-state index in [0.717, 1.165) is 27.8 Å². The van der Waals surface area contributed by atoms with Crippen LogP contribution in [0.25, 0.3) is 78.7 Å². The van der Waals surface area contributed by atoms with E-state index in [1.54, 1.807) is 12.1 Å². The van der Waals surface area contributed by atoms with Gasteiger partial charge in [0, 0.05) is 27.6 Å². The van der Waals surface area contributed by atoms with Crippen molar-refractivity contribution in [3.8, 4) is 78.7 Å². The van der Waals surface area contributed by atoms with E-state index in [1.807, 2.05) is 140 Å². The van der Waals surface area contributed by atoms with Gasteiger partial charge in [0.2, 0.25) is 0 Å². The first-order valence-electron chi connectivity index (χ1n) is 22.3. The van der Waals surface area contributed by atoms with Gasteiger partial charge < -0.3 is 0 Å². The summed E-state index contributed by atoms with van der Waals surface area (Å²) in [6.45, 7) is 0. The molecule has 3 heteroatoms. The highest BCUT2D eigenvalue weighted by Crippen LogP contribution is 2.56. The lowest BCUT2D eigenvalue weighted by atomic mass is 9.67. The summed E-state index contributed by atoms with van der Waals surface area (Å²) in [5.41, 5.74) is 6.65. The molecule has 0 N–H and O–H groups in total. The third-order valence-corrected chi connectivity index (χ3v) is 10.5. The van der Waals surface area contributed by atoms with Gasteiger partial charge in [-0.3, -0.25) is 0 Å². The Morgan fingerprint density at radius 1 is 0.407 bits per heavy atom. The minimum Gasteiger partial charge on any atom is -0.208 e. The maximum atomic E-state index is 9.74. The van der Waals surface area contributed by atoms with Crippen molar-refractivity contribution in [2.75, 3.05) is 0 Å². The molecule has 1 fully saturated rings. The van der Waals surface area contributed by atoms with Crippen molar-refractivity contribution in [2.45, 2.75) is 37.4 Å². The highest BCUT2D eigenvalue weighted by atomic mass is 15.0. The van der Waals surface area contributed by atoms with Crippen molar-refractivity contribution in [3.05, 3.63) is 187 Å². The predicted molar refractivity (Wildman–Crippen MR) is 222 cm³/mol. The highest BCUT2D eigenvalue weighted by Gasteiger charge is 2.43. The second-order valence-corrected chi connectivity index (χ2v) is 13.7. The molecular weight excluding hydrogens is 655 g/mol. The van der Waals surface area contributed by atoms with Gasteiger partial charge in [-0.15, -0.1) is 0 Å². The van der Waals surface area contributed by atoms with Gasteiger partial charge in [0.1, 0.15) is 0 Å². The van der Waals surface area contributed by atoms with Crippen LogP contribution in [0.4, 0.5) is 0 Å². The van der Waals surface area contributed by atoms with Crippen LogP contribution in [0.5, 0.6) is 0 Å². The average Bonchev–Trinajstić information content (AvgIpc) is 3.60. The maximum absolute atomic E-state index is 9.74. The molecule has 1 heterocycles. The molecule has 0 atom stereocenters. The second kappa shape index (κ2) is 13.5. The van der Waals surface area contributed by atoms with Crippen molar-refractivity contribution >= 4 is 0 Å². The predicted octanol–water partition coefficient (Wildman–Crippen LogP) is 13.1. The summed E-state index contributed by atoms with van der Waals surface area (Å²) in [7, 11) is 0. The summed E-state index contributed by atoms with van der Waals surface area (Å²) in [5.74, 6) is 0.606. The van der Waals surface area contributed by atoms with Crippen molar-refractivity contribution in [3.63, 3.8) is 0 Å². The Hall–Kier alpha value is -6.45. The van der Waals surface area contributed by atoms with E-state index in [4.69, 9.17) is 16.3 Å². The number of fused-ring (bicyclic) bond motifs is 5. The van der Waals surface area contributed by atoms with Crippen LogP contribution < -0.4 is 0 Å². The summed E-state index contributed by atoms with van der Waals surface area (Å²) in [6.07, 6.45) is -3.20. The summed E-state index contributed by atoms with van der Waals surface area (Å²) >= 11 is 0. The van der Waals surface area contributed by atoms with Gasteiger partial charge in [0.25, 0.3) is 0 Å².